The van der Waals surface area contributed by atoms with E-state index >= 15 is 0 Å². The third-order valence-electron chi connectivity index (χ3n) is 4.74. The number of hydrogen-bond acceptors (Lipinski definition) is 6. The van der Waals surface area contributed by atoms with E-state index in [4.69, 9.17) is 15.1 Å². The smallest absolute Gasteiger partial charge is 0.217 e. The number of pyridine rings is 1. The van der Waals surface area contributed by atoms with Crippen LogP contribution in [0, 0.1) is 0 Å². The molecular formula is C22H23N5O2S. The van der Waals surface area contributed by atoms with E-state index in [1.807, 2.05) is 34.9 Å². The Morgan fingerprint density at radius 1 is 1.17 bits per heavy atom. The Morgan fingerprint density at radius 2 is 2.03 bits per heavy atom. The molecule has 0 spiro atoms. The first-order valence-corrected chi connectivity index (χ1v) is 10.7. The summed E-state index contributed by atoms with van der Waals surface area (Å²) < 4.78 is 7.49. The first kappa shape index (κ1) is 20.2. The maximum Gasteiger partial charge on any atom is 0.217 e. The summed E-state index contributed by atoms with van der Waals surface area (Å²) in [4.78, 5) is 16.0. The second-order valence-corrected chi connectivity index (χ2v) is 8.56. The summed E-state index contributed by atoms with van der Waals surface area (Å²) in [6.07, 6.45) is 3.13. The molecule has 3 aromatic heterocycles. The summed E-state index contributed by atoms with van der Waals surface area (Å²) in [6, 6.07) is 16.1. The van der Waals surface area contributed by atoms with Crippen LogP contribution in [0.2, 0.25) is 0 Å². The van der Waals surface area contributed by atoms with Gasteiger partial charge in [-0.15, -0.1) is 10.2 Å². The maximum atomic E-state index is 11.2. The van der Waals surface area contributed by atoms with Gasteiger partial charge in [-0.3, -0.25) is 14.3 Å². The quantitative estimate of drug-likeness (QED) is 0.415. The van der Waals surface area contributed by atoms with Gasteiger partial charge in [0, 0.05) is 35.6 Å². The molecule has 1 amide bonds. The monoisotopic (exact) mass is 421 g/mol. The molecule has 4 rings (SSSR count). The molecular weight excluding hydrogens is 398 g/mol. The Labute approximate surface area is 178 Å². The number of para-hydroxylation sites is 1. The van der Waals surface area contributed by atoms with Gasteiger partial charge in [-0.2, -0.15) is 0 Å². The summed E-state index contributed by atoms with van der Waals surface area (Å²) in [6.45, 7) is 2.66. The standard InChI is InChI=1S/C22H23N5O2S/c1-15(13-17-9-8-16-5-2-3-7-19(16)24-17)30-22-26-25-21(11-10-20(23)28)27(22)14-18-6-4-12-29-18/h2-9,12,15H,10-11,13-14H2,1H3,(H2,23,28). The first-order valence-electron chi connectivity index (χ1n) is 9.82. The number of nitrogens with zero attached hydrogens (tertiary/aromatic N) is 4. The number of aryl methyl sites for hydroxylation is 1. The average Bonchev–Trinajstić information content (AvgIpc) is 3.37. The third-order valence-corrected chi connectivity index (χ3v) is 5.82. The number of nitrogens with two attached hydrogens (primary N) is 1. The van der Waals surface area contributed by atoms with Crippen LogP contribution in [0.1, 0.15) is 30.6 Å². The zero-order valence-electron chi connectivity index (χ0n) is 16.7. The number of carbonyl (C=O) groups is 1. The van der Waals surface area contributed by atoms with Crippen LogP contribution in [-0.2, 0) is 24.2 Å². The fourth-order valence-corrected chi connectivity index (χ4v) is 4.28. The maximum absolute atomic E-state index is 11.2. The zero-order valence-corrected chi connectivity index (χ0v) is 17.5. The summed E-state index contributed by atoms with van der Waals surface area (Å²) in [5.41, 5.74) is 7.36. The molecule has 30 heavy (non-hydrogen) atoms. The summed E-state index contributed by atoms with van der Waals surface area (Å²) in [5.74, 6) is 1.18. The highest BCUT2D eigenvalue weighted by molar-refractivity contribution is 7.99. The average molecular weight is 422 g/mol. The van der Waals surface area contributed by atoms with Crippen molar-refractivity contribution >= 4 is 28.6 Å². The van der Waals surface area contributed by atoms with Crippen LogP contribution >= 0.6 is 11.8 Å². The second kappa shape index (κ2) is 9.13. The summed E-state index contributed by atoms with van der Waals surface area (Å²) in [5, 5.41) is 10.8. The lowest BCUT2D eigenvalue weighted by Crippen LogP contribution is -2.14. The highest BCUT2D eigenvalue weighted by Crippen LogP contribution is 2.26. The molecule has 0 aliphatic carbocycles. The van der Waals surface area contributed by atoms with Crippen LogP contribution in [0.15, 0.2) is 64.4 Å². The van der Waals surface area contributed by atoms with Crippen LogP contribution in [0.4, 0.5) is 0 Å². The lowest BCUT2D eigenvalue weighted by molar-refractivity contribution is -0.118. The van der Waals surface area contributed by atoms with Crippen molar-refractivity contribution in [1.29, 1.82) is 0 Å². The first-order chi connectivity index (χ1) is 14.6. The predicted octanol–water partition coefficient (Wildman–Crippen LogP) is 3.61. The van der Waals surface area contributed by atoms with E-state index in [0.29, 0.717) is 13.0 Å². The number of hydrogen-bond donors (Lipinski definition) is 1. The number of amides is 1. The number of fused-ring (bicyclic) bond motifs is 1. The van der Waals surface area contributed by atoms with Gasteiger partial charge in [-0.1, -0.05) is 43.0 Å². The molecule has 4 aromatic rings. The molecule has 1 atom stereocenters. The number of primary amides is 1. The van der Waals surface area contributed by atoms with Crippen LogP contribution in [0.25, 0.3) is 10.9 Å². The third kappa shape index (κ3) is 4.88. The minimum atomic E-state index is -0.354. The van der Waals surface area contributed by atoms with Gasteiger partial charge >= 0.3 is 0 Å². The van der Waals surface area contributed by atoms with Gasteiger partial charge in [-0.05, 0) is 24.3 Å². The molecule has 0 aliphatic rings. The Morgan fingerprint density at radius 3 is 2.83 bits per heavy atom. The van der Waals surface area contributed by atoms with Crippen LogP contribution < -0.4 is 5.73 Å². The van der Waals surface area contributed by atoms with Gasteiger partial charge in [0.05, 0.1) is 18.3 Å². The SMILES string of the molecule is CC(Cc1ccc2ccccc2n1)Sc1nnc(CCC(N)=O)n1Cc1ccco1. The molecule has 0 saturated carbocycles. The zero-order chi connectivity index (χ0) is 20.9. The van der Waals surface area contributed by atoms with Gasteiger partial charge in [0.15, 0.2) is 5.16 Å². The molecule has 2 N–H and O–H groups in total. The van der Waals surface area contributed by atoms with E-state index in [2.05, 4.69) is 35.3 Å². The van der Waals surface area contributed by atoms with Gasteiger partial charge in [0.1, 0.15) is 11.6 Å². The van der Waals surface area contributed by atoms with Crippen molar-refractivity contribution in [3.63, 3.8) is 0 Å². The second-order valence-electron chi connectivity index (χ2n) is 7.16. The fourth-order valence-electron chi connectivity index (χ4n) is 3.28. The van der Waals surface area contributed by atoms with E-state index in [1.54, 1.807) is 18.0 Å². The van der Waals surface area contributed by atoms with Gasteiger partial charge in [-0.25, -0.2) is 0 Å². The minimum Gasteiger partial charge on any atom is -0.467 e. The van der Waals surface area contributed by atoms with Crippen LogP contribution in [-0.4, -0.2) is 30.9 Å². The summed E-state index contributed by atoms with van der Waals surface area (Å²) in [7, 11) is 0. The highest BCUT2D eigenvalue weighted by atomic mass is 32.2. The number of carbonyl (C=O) groups excluding carboxylic acids is 1. The Kier molecular flexibility index (Phi) is 6.13. The highest BCUT2D eigenvalue weighted by Gasteiger charge is 2.18. The van der Waals surface area contributed by atoms with Crippen molar-refractivity contribution in [3.8, 4) is 0 Å². The molecule has 154 valence electrons. The molecule has 8 heteroatoms. The van der Waals surface area contributed by atoms with Crippen molar-refractivity contribution in [2.24, 2.45) is 5.73 Å². The van der Waals surface area contributed by atoms with Gasteiger partial charge in [0.25, 0.3) is 0 Å². The van der Waals surface area contributed by atoms with Gasteiger partial charge in [0.2, 0.25) is 5.91 Å². The molecule has 0 saturated heterocycles. The predicted molar refractivity (Wildman–Crippen MR) is 116 cm³/mol. The largest absolute Gasteiger partial charge is 0.467 e. The minimum absolute atomic E-state index is 0.234. The van der Waals surface area contributed by atoms with Crippen molar-refractivity contribution in [2.75, 3.05) is 0 Å². The van der Waals surface area contributed by atoms with Crippen molar-refractivity contribution in [3.05, 3.63) is 72.1 Å². The number of furan rings is 1. The lowest BCUT2D eigenvalue weighted by Gasteiger charge is -2.13. The van der Waals surface area contributed by atoms with E-state index in [1.165, 1.54) is 0 Å². The van der Waals surface area contributed by atoms with Gasteiger partial charge < -0.3 is 10.2 Å². The van der Waals surface area contributed by atoms with Crippen LogP contribution in [0.5, 0.6) is 0 Å². The molecule has 0 aliphatic heterocycles. The Hall–Kier alpha value is -3.13. The Bertz CT molecular complexity index is 1140. The number of thioether (sulfide) groups is 1. The van der Waals surface area contributed by atoms with Crippen LogP contribution in [0.3, 0.4) is 0 Å². The molecule has 3 heterocycles. The molecule has 1 unspecified atom stereocenters. The van der Waals surface area contributed by atoms with E-state index < -0.39 is 0 Å². The molecule has 0 bridgehead atoms. The number of benzene rings is 1. The van der Waals surface area contributed by atoms with Crippen molar-refractivity contribution in [1.82, 2.24) is 19.7 Å². The van der Waals surface area contributed by atoms with E-state index in [-0.39, 0.29) is 17.6 Å². The molecule has 7 nitrogen and oxygen atoms in total. The molecule has 0 fully saturated rings. The normalized spacial score (nSPS) is 12.3. The Balaban J connectivity index is 1.50. The van der Waals surface area contributed by atoms with E-state index in [9.17, 15) is 4.79 Å². The van der Waals surface area contributed by atoms with Crippen molar-refractivity contribution < 1.29 is 9.21 Å². The number of rotatable bonds is 9. The number of aromatic nitrogens is 4. The fraction of sp³-hybridized carbons (Fsp3) is 0.273. The lowest BCUT2D eigenvalue weighted by atomic mass is 10.1. The van der Waals surface area contributed by atoms with E-state index in [0.717, 1.165) is 39.8 Å². The van der Waals surface area contributed by atoms with Crippen molar-refractivity contribution in [2.45, 2.75) is 43.1 Å². The molecule has 1 aromatic carbocycles. The molecule has 0 radical (unpaired) electrons. The topological polar surface area (TPSA) is 99.8 Å². The summed E-state index contributed by atoms with van der Waals surface area (Å²) >= 11 is 1.64.